The lowest BCUT2D eigenvalue weighted by atomic mass is 10.1. The Kier molecular flexibility index (Phi) is 5.23. The van der Waals surface area contributed by atoms with Gasteiger partial charge in [0.2, 0.25) is 0 Å². The van der Waals surface area contributed by atoms with Crippen LogP contribution in [0.15, 0.2) is 40.9 Å². The Hall–Kier alpha value is -2.14. The molecule has 1 saturated carbocycles. The lowest BCUT2D eigenvalue weighted by Gasteiger charge is -2.06. The van der Waals surface area contributed by atoms with Gasteiger partial charge in [0.1, 0.15) is 0 Å². The van der Waals surface area contributed by atoms with Gasteiger partial charge in [0.05, 0.1) is 0 Å². The molecule has 0 amide bonds. The average molecular weight is 402 g/mol. The quantitative estimate of drug-likeness (QED) is 0.402. The van der Waals surface area contributed by atoms with Gasteiger partial charge in [-0.2, -0.15) is 0 Å². The normalized spacial score (nSPS) is 14.0. The van der Waals surface area contributed by atoms with Crippen LogP contribution in [0, 0.1) is 13.8 Å². The maximum absolute atomic E-state index is 12.0. The van der Waals surface area contributed by atoms with Crippen molar-refractivity contribution >= 4 is 33.8 Å². The first kappa shape index (κ1) is 17.7. The van der Waals surface area contributed by atoms with Crippen molar-refractivity contribution in [2.75, 3.05) is 6.61 Å². The first-order chi connectivity index (χ1) is 12.0. The molecule has 1 fully saturated rings. The van der Waals surface area contributed by atoms with Crippen molar-refractivity contribution in [3.05, 3.63) is 63.4 Å². The fraction of sp³-hybridized carbons (Fsp3) is 0.300. The van der Waals surface area contributed by atoms with Gasteiger partial charge in [0.25, 0.3) is 0 Å². The van der Waals surface area contributed by atoms with Crippen LogP contribution in [0.3, 0.4) is 0 Å². The van der Waals surface area contributed by atoms with E-state index in [9.17, 15) is 9.59 Å². The summed E-state index contributed by atoms with van der Waals surface area (Å²) >= 11 is 3.32. The Morgan fingerprint density at radius 2 is 2.04 bits per heavy atom. The number of aromatic nitrogens is 1. The molecule has 0 aliphatic heterocycles. The van der Waals surface area contributed by atoms with Gasteiger partial charge in [0.15, 0.2) is 12.4 Å². The molecule has 0 N–H and O–H groups in total. The highest BCUT2D eigenvalue weighted by Gasteiger charge is 2.26. The molecule has 130 valence electrons. The molecule has 0 unspecified atom stereocenters. The summed E-state index contributed by atoms with van der Waals surface area (Å²) in [5, 5.41) is 0. The minimum Gasteiger partial charge on any atom is -0.454 e. The first-order valence-corrected chi connectivity index (χ1v) is 9.07. The number of hydrogen-bond acceptors (Lipinski definition) is 3. The Labute approximate surface area is 155 Å². The molecule has 25 heavy (non-hydrogen) atoms. The van der Waals surface area contributed by atoms with Gasteiger partial charge in [-0.3, -0.25) is 4.79 Å². The topological polar surface area (TPSA) is 48.3 Å². The SMILES string of the molecule is Cc1cc(/C=C/C(=O)OCC(=O)c2cccc(Br)c2)c(C)n1C1CC1. The third kappa shape index (κ3) is 4.28. The molecule has 2 aromatic rings. The fourth-order valence-electron chi connectivity index (χ4n) is 2.95. The van der Waals surface area contributed by atoms with Crippen LogP contribution in [0.1, 0.15) is 46.2 Å². The minimum atomic E-state index is -0.514. The van der Waals surface area contributed by atoms with E-state index in [0.29, 0.717) is 11.6 Å². The van der Waals surface area contributed by atoms with Crippen LogP contribution >= 0.6 is 15.9 Å². The number of Topliss-reactive ketones (excluding diaryl/α,β-unsaturated/α-hetero) is 1. The van der Waals surface area contributed by atoms with Crippen molar-refractivity contribution in [2.45, 2.75) is 32.7 Å². The van der Waals surface area contributed by atoms with Crippen LogP contribution in [0.4, 0.5) is 0 Å². The van der Waals surface area contributed by atoms with Crippen LogP contribution in [-0.4, -0.2) is 22.9 Å². The smallest absolute Gasteiger partial charge is 0.331 e. The first-order valence-electron chi connectivity index (χ1n) is 8.27. The number of carbonyl (C=O) groups is 2. The predicted molar refractivity (Wildman–Crippen MR) is 101 cm³/mol. The molecule has 0 spiro atoms. The Morgan fingerprint density at radius 3 is 2.72 bits per heavy atom. The predicted octanol–water partition coefficient (Wildman–Crippen LogP) is 4.64. The second-order valence-electron chi connectivity index (χ2n) is 6.30. The molecule has 1 aromatic heterocycles. The van der Waals surface area contributed by atoms with E-state index in [2.05, 4.69) is 40.4 Å². The number of halogens is 1. The molecule has 0 saturated heterocycles. The van der Waals surface area contributed by atoms with E-state index in [1.165, 1.54) is 24.6 Å². The van der Waals surface area contributed by atoms with Crippen molar-refractivity contribution in [3.8, 4) is 0 Å². The van der Waals surface area contributed by atoms with Crippen LogP contribution in [0.25, 0.3) is 6.08 Å². The van der Waals surface area contributed by atoms with E-state index < -0.39 is 5.97 Å². The van der Waals surface area contributed by atoms with E-state index in [1.807, 2.05) is 6.07 Å². The Bertz CT molecular complexity index is 847. The van der Waals surface area contributed by atoms with E-state index in [1.54, 1.807) is 24.3 Å². The standard InChI is InChI=1S/C20H20BrNO3/c1-13-10-15(14(2)22(13)18-7-8-18)6-9-20(24)25-12-19(23)16-4-3-5-17(21)11-16/h3-6,9-11,18H,7-8,12H2,1-2H3/b9-6+. The fourth-order valence-corrected chi connectivity index (χ4v) is 3.35. The minimum absolute atomic E-state index is 0.227. The van der Waals surface area contributed by atoms with Crippen molar-refractivity contribution in [2.24, 2.45) is 0 Å². The van der Waals surface area contributed by atoms with Gasteiger partial charge in [-0.25, -0.2) is 4.79 Å². The number of aryl methyl sites for hydroxylation is 1. The number of rotatable bonds is 6. The van der Waals surface area contributed by atoms with Gasteiger partial charge >= 0.3 is 5.97 Å². The van der Waals surface area contributed by atoms with Crippen molar-refractivity contribution < 1.29 is 14.3 Å². The number of ketones is 1. The molecule has 1 heterocycles. The summed E-state index contributed by atoms with van der Waals surface area (Å²) < 4.78 is 8.20. The number of benzene rings is 1. The zero-order valence-electron chi connectivity index (χ0n) is 14.3. The lowest BCUT2D eigenvalue weighted by Crippen LogP contribution is -2.12. The van der Waals surface area contributed by atoms with Gasteiger partial charge < -0.3 is 9.30 Å². The summed E-state index contributed by atoms with van der Waals surface area (Å²) in [7, 11) is 0. The van der Waals surface area contributed by atoms with Crippen LogP contribution in [0.5, 0.6) is 0 Å². The summed E-state index contributed by atoms with van der Waals surface area (Å²) in [6, 6.07) is 9.70. The summed E-state index contributed by atoms with van der Waals surface area (Å²) in [5.41, 5.74) is 3.89. The maximum Gasteiger partial charge on any atom is 0.331 e. The highest BCUT2D eigenvalue weighted by atomic mass is 79.9. The number of nitrogens with zero attached hydrogens (tertiary/aromatic N) is 1. The number of carbonyl (C=O) groups excluding carboxylic acids is 2. The second-order valence-corrected chi connectivity index (χ2v) is 7.22. The van der Waals surface area contributed by atoms with Crippen molar-refractivity contribution in [3.63, 3.8) is 0 Å². The summed E-state index contributed by atoms with van der Waals surface area (Å²) in [6.07, 6.45) is 5.58. The molecule has 0 radical (unpaired) electrons. The molecular formula is C20H20BrNO3. The summed E-state index contributed by atoms with van der Waals surface area (Å²) in [6.45, 7) is 3.88. The number of ether oxygens (including phenoxy) is 1. The zero-order chi connectivity index (χ0) is 18.0. The molecular weight excluding hydrogens is 382 g/mol. The van der Waals surface area contributed by atoms with E-state index >= 15 is 0 Å². The molecule has 3 rings (SSSR count). The number of esters is 1. The van der Waals surface area contributed by atoms with Gasteiger partial charge in [0, 0.05) is 33.5 Å². The van der Waals surface area contributed by atoms with Crippen molar-refractivity contribution in [1.82, 2.24) is 4.57 Å². The molecule has 1 aliphatic carbocycles. The molecule has 0 bridgehead atoms. The largest absolute Gasteiger partial charge is 0.454 e. The van der Waals surface area contributed by atoms with Crippen molar-refractivity contribution in [1.29, 1.82) is 0 Å². The highest BCUT2D eigenvalue weighted by Crippen LogP contribution is 2.38. The molecule has 1 aromatic carbocycles. The Balaban J connectivity index is 1.58. The third-order valence-electron chi connectivity index (χ3n) is 4.33. The van der Waals surface area contributed by atoms with E-state index in [-0.39, 0.29) is 12.4 Å². The average Bonchev–Trinajstić information content (AvgIpc) is 3.36. The summed E-state index contributed by atoms with van der Waals surface area (Å²) in [5.74, 6) is -0.741. The van der Waals surface area contributed by atoms with Gasteiger partial charge in [-0.15, -0.1) is 0 Å². The number of hydrogen-bond donors (Lipinski definition) is 0. The zero-order valence-corrected chi connectivity index (χ0v) is 15.9. The molecule has 5 heteroatoms. The third-order valence-corrected chi connectivity index (χ3v) is 4.82. The highest BCUT2D eigenvalue weighted by molar-refractivity contribution is 9.10. The molecule has 0 atom stereocenters. The van der Waals surface area contributed by atoms with Gasteiger partial charge in [-0.1, -0.05) is 28.1 Å². The van der Waals surface area contributed by atoms with Gasteiger partial charge in [-0.05, 0) is 56.5 Å². The summed E-state index contributed by atoms with van der Waals surface area (Å²) in [4.78, 5) is 23.9. The maximum atomic E-state index is 12.0. The molecule has 1 aliphatic rings. The van der Waals surface area contributed by atoms with E-state index in [0.717, 1.165) is 15.7 Å². The Morgan fingerprint density at radius 1 is 1.28 bits per heavy atom. The monoisotopic (exact) mass is 401 g/mol. The van der Waals surface area contributed by atoms with Crippen LogP contribution in [-0.2, 0) is 9.53 Å². The molecule has 4 nitrogen and oxygen atoms in total. The second kappa shape index (κ2) is 7.40. The lowest BCUT2D eigenvalue weighted by molar-refractivity contribution is -0.136. The van der Waals surface area contributed by atoms with Crippen LogP contribution in [0.2, 0.25) is 0 Å². The van der Waals surface area contributed by atoms with E-state index in [4.69, 9.17) is 4.74 Å². The van der Waals surface area contributed by atoms with Crippen LogP contribution < -0.4 is 0 Å².